The summed E-state index contributed by atoms with van der Waals surface area (Å²) in [6.07, 6.45) is 1.40. The van der Waals surface area contributed by atoms with Crippen molar-refractivity contribution < 1.29 is 9.53 Å². The standard InChI is InChI=1S/C12H13N3O2/c1-3-17-12(16)11-8-13-14-15(11)10-6-4-9(2)5-7-10/h4-8H,3H2,1-2H3. The third-order valence-electron chi connectivity index (χ3n) is 2.31. The molecule has 5 heteroatoms. The van der Waals surface area contributed by atoms with Crippen LogP contribution < -0.4 is 0 Å². The second-order valence-electron chi connectivity index (χ2n) is 3.59. The van der Waals surface area contributed by atoms with E-state index in [2.05, 4.69) is 10.3 Å². The van der Waals surface area contributed by atoms with Crippen molar-refractivity contribution >= 4 is 5.97 Å². The van der Waals surface area contributed by atoms with Gasteiger partial charge in [0.2, 0.25) is 0 Å². The zero-order valence-electron chi connectivity index (χ0n) is 9.75. The third-order valence-corrected chi connectivity index (χ3v) is 2.31. The maximum absolute atomic E-state index is 11.6. The summed E-state index contributed by atoms with van der Waals surface area (Å²) in [4.78, 5) is 11.6. The van der Waals surface area contributed by atoms with Crippen molar-refractivity contribution in [2.75, 3.05) is 6.61 Å². The molecular formula is C12H13N3O2. The van der Waals surface area contributed by atoms with E-state index in [-0.39, 0.29) is 0 Å². The van der Waals surface area contributed by atoms with E-state index in [0.717, 1.165) is 11.3 Å². The number of ether oxygens (including phenoxy) is 1. The Hall–Kier alpha value is -2.17. The zero-order valence-corrected chi connectivity index (χ0v) is 9.75. The number of esters is 1. The molecule has 0 spiro atoms. The summed E-state index contributed by atoms with van der Waals surface area (Å²) >= 11 is 0. The van der Waals surface area contributed by atoms with Crippen molar-refractivity contribution in [2.24, 2.45) is 0 Å². The second-order valence-corrected chi connectivity index (χ2v) is 3.59. The van der Waals surface area contributed by atoms with E-state index >= 15 is 0 Å². The second kappa shape index (κ2) is 4.78. The van der Waals surface area contributed by atoms with Gasteiger partial charge in [0.1, 0.15) is 0 Å². The highest BCUT2D eigenvalue weighted by Crippen LogP contribution is 2.11. The lowest BCUT2D eigenvalue weighted by Crippen LogP contribution is -2.11. The molecule has 0 fully saturated rings. The Morgan fingerprint density at radius 3 is 2.71 bits per heavy atom. The number of benzene rings is 1. The fraction of sp³-hybridized carbons (Fsp3) is 0.250. The molecular weight excluding hydrogens is 218 g/mol. The smallest absolute Gasteiger partial charge is 0.358 e. The van der Waals surface area contributed by atoms with Crippen LogP contribution in [-0.2, 0) is 4.74 Å². The van der Waals surface area contributed by atoms with Gasteiger partial charge in [-0.3, -0.25) is 0 Å². The molecule has 0 amide bonds. The maximum Gasteiger partial charge on any atom is 0.358 e. The first-order chi connectivity index (χ1) is 8.22. The highest BCUT2D eigenvalue weighted by atomic mass is 16.5. The highest BCUT2D eigenvalue weighted by Gasteiger charge is 2.15. The Balaban J connectivity index is 2.36. The lowest BCUT2D eigenvalue weighted by Gasteiger charge is -2.05. The predicted octanol–water partition coefficient (Wildman–Crippen LogP) is 1.75. The Morgan fingerprint density at radius 1 is 1.35 bits per heavy atom. The average molecular weight is 231 g/mol. The van der Waals surface area contributed by atoms with Crippen LogP contribution in [0.2, 0.25) is 0 Å². The molecule has 88 valence electrons. The number of hydrogen-bond acceptors (Lipinski definition) is 4. The van der Waals surface area contributed by atoms with Gasteiger partial charge < -0.3 is 4.74 Å². The molecule has 0 atom stereocenters. The molecule has 0 aliphatic carbocycles. The molecule has 0 unspecified atom stereocenters. The monoisotopic (exact) mass is 231 g/mol. The summed E-state index contributed by atoms with van der Waals surface area (Å²) in [5.74, 6) is -0.418. The van der Waals surface area contributed by atoms with Gasteiger partial charge in [0.25, 0.3) is 0 Å². The molecule has 1 aromatic carbocycles. The number of aryl methyl sites for hydroxylation is 1. The molecule has 5 nitrogen and oxygen atoms in total. The van der Waals surface area contributed by atoms with Gasteiger partial charge in [0.15, 0.2) is 5.69 Å². The highest BCUT2D eigenvalue weighted by molar-refractivity contribution is 5.87. The number of carbonyl (C=O) groups excluding carboxylic acids is 1. The molecule has 17 heavy (non-hydrogen) atoms. The number of hydrogen-bond donors (Lipinski definition) is 0. The third kappa shape index (κ3) is 2.33. The molecule has 2 aromatic rings. The number of rotatable bonds is 3. The molecule has 0 saturated heterocycles. The van der Waals surface area contributed by atoms with Crippen molar-refractivity contribution in [1.82, 2.24) is 15.0 Å². The van der Waals surface area contributed by atoms with E-state index in [4.69, 9.17) is 4.74 Å². The molecule has 1 heterocycles. The first kappa shape index (κ1) is 11.3. The zero-order chi connectivity index (χ0) is 12.3. The Kier molecular flexibility index (Phi) is 3.18. The van der Waals surface area contributed by atoms with Gasteiger partial charge in [-0.1, -0.05) is 22.9 Å². The van der Waals surface area contributed by atoms with E-state index in [9.17, 15) is 4.79 Å². The van der Waals surface area contributed by atoms with Gasteiger partial charge in [0, 0.05) is 0 Å². The van der Waals surface area contributed by atoms with Crippen LogP contribution in [0.3, 0.4) is 0 Å². The van der Waals surface area contributed by atoms with Crippen LogP contribution in [0.4, 0.5) is 0 Å². The van der Waals surface area contributed by atoms with Gasteiger partial charge in [-0.2, -0.15) is 0 Å². The lowest BCUT2D eigenvalue weighted by atomic mass is 10.2. The van der Waals surface area contributed by atoms with E-state index in [0.29, 0.717) is 12.3 Å². The van der Waals surface area contributed by atoms with Gasteiger partial charge in [0.05, 0.1) is 18.5 Å². The first-order valence-electron chi connectivity index (χ1n) is 5.37. The van der Waals surface area contributed by atoms with E-state index in [1.54, 1.807) is 6.92 Å². The molecule has 0 aliphatic rings. The molecule has 0 N–H and O–H groups in total. The van der Waals surface area contributed by atoms with Crippen molar-refractivity contribution in [2.45, 2.75) is 13.8 Å². The normalized spacial score (nSPS) is 10.2. The number of aromatic nitrogens is 3. The van der Waals surface area contributed by atoms with E-state index in [1.165, 1.54) is 10.9 Å². The van der Waals surface area contributed by atoms with Gasteiger partial charge in [-0.05, 0) is 26.0 Å². The summed E-state index contributed by atoms with van der Waals surface area (Å²) < 4.78 is 6.40. The maximum atomic E-state index is 11.6. The Bertz CT molecular complexity index is 517. The average Bonchev–Trinajstić information content (AvgIpc) is 2.79. The lowest BCUT2D eigenvalue weighted by molar-refractivity contribution is 0.0515. The van der Waals surface area contributed by atoms with Crippen LogP contribution in [0, 0.1) is 6.92 Å². The summed E-state index contributed by atoms with van der Waals surface area (Å²) in [5, 5.41) is 7.62. The Morgan fingerprint density at radius 2 is 2.06 bits per heavy atom. The number of carbonyl (C=O) groups is 1. The fourth-order valence-corrected chi connectivity index (χ4v) is 1.46. The molecule has 0 saturated carbocycles. The van der Waals surface area contributed by atoms with Gasteiger partial charge in [-0.25, -0.2) is 9.48 Å². The van der Waals surface area contributed by atoms with Crippen molar-refractivity contribution in [1.29, 1.82) is 0 Å². The minimum Gasteiger partial charge on any atom is -0.461 e. The van der Waals surface area contributed by atoms with Crippen LogP contribution in [0.5, 0.6) is 0 Å². The number of nitrogens with zero attached hydrogens (tertiary/aromatic N) is 3. The van der Waals surface area contributed by atoms with Crippen LogP contribution >= 0.6 is 0 Å². The molecule has 0 aliphatic heterocycles. The Labute approximate surface area is 99.0 Å². The molecule has 1 aromatic heterocycles. The van der Waals surface area contributed by atoms with Crippen LogP contribution in [0.15, 0.2) is 30.5 Å². The minimum absolute atomic E-state index is 0.329. The quantitative estimate of drug-likeness (QED) is 0.755. The predicted molar refractivity (Wildman–Crippen MR) is 62.1 cm³/mol. The van der Waals surface area contributed by atoms with Crippen LogP contribution in [0.1, 0.15) is 23.0 Å². The largest absolute Gasteiger partial charge is 0.461 e. The van der Waals surface area contributed by atoms with E-state index < -0.39 is 5.97 Å². The first-order valence-corrected chi connectivity index (χ1v) is 5.37. The molecule has 0 bridgehead atoms. The summed E-state index contributed by atoms with van der Waals surface area (Å²) in [6.45, 7) is 4.09. The summed E-state index contributed by atoms with van der Waals surface area (Å²) in [7, 11) is 0. The van der Waals surface area contributed by atoms with Crippen molar-refractivity contribution in [3.8, 4) is 5.69 Å². The van der Waals surface area contributed by atoms with Gasteiger partial charge >= 0.3 is 5.97 Å². The van der Waals surface area contributed by atoms with E-state index in [1.807, 2.05) is 31.2 Å². The SMILES string of the molecule is CCOC(=O)c1cnnn1-c1ccc(C)cc1. The minimum atomic E-state index is -0.418. The van der Waals surface area contributed by atoms with Crippen molar-refractivity contribution in [3.63, 3.8) is 0 Å². The topological polar surface area (TPSA) is 57.0 Å². The summed E-state index contributed by atoms with van der Waals surface area (Å²) in [5.41, 5.74) is 2.26. The molecule has 2 rings (SSSR count). The van der Waals surface area contributed by atoms with Crippen molar-refractivity contribution in [3.05, 3.63) is 41.7 Å². The fourth-order valence-electron chi connectivity index (χ4n) is 1.46. The van der Waals surface area contributed by atoms with Crippen LogP contribution in [-0.4, -0.2) is 27.6 Å². The summed E-state index contributed by atoms with van der Waals surface area (Å²) in [6, 6.07) is 7.66. The van der Waals surface area contributed by atoms with Crippen LogP contribution in [0.25, 0.3) is 5.69 Å². The van der Waals surface area contributed by atoms with Gasteiger partial charge in [-0.15, -0.1) is 5.10 Å². The molecule has 0 radical (unpaired) electrons.